The van der Waals surface area contributed by atoms with E-state index in [0.29, 0.717) is 17.0 Å². The molecule has 2 aromatic heterocycles. The lowest BCUT2D eigenvalue weighted by molar-refractivity contribution is 0.0769. The molecule has 0 spiro atoms. The van der Waals surface area contributed by atoms with E-state index in [-0.39, 0.29) is 17.2 Å². The molecule has 1 amide bonds. The van der Waals surface area contributed by atoms with Crippen LogP contribution >= 0.6 is 15.9 Å². The molecule has 0 unspecified atom stereocenters. The molecule has 0 saturated heterocycles. The van der Waals surface area contributed by atoms with Crippen LogP contribution < -0.4 is 5.56 Å². The zero-order valence-corrected chi connectivity index (χ0v) is 11.2. The number of halogens is 1. The molecule has 0 aromatic carbocycles. The summed E-state index contributed by atoms with van der Waals surface area (Å²) < 4.78 is 5.93. The molecule has 0 radical (unpaired) electrons. The molecule has 0 atom stereocenters. The van der Waals surface area contributed by atoms with Crippen LogP contribution in [0.2, 0.25) is 0 Å². The summed E-state index contributed by atoms with van der Waals surface area (Å²) in [6.45, 7) is 0.335. The van der Waals surface area contributed by atoms with Crippen molar-refractivity contribution in [2.75, 3.05) is 7.05 Å². The summed E-state index contributed by atoms with van der Waals surface area (Å²) in [5.41, 5.74) is -0.0365. The van der Waals surface area contributed by atoms with Gasteiger partial charge in [0, 0.05) is 13.1 Å². The fourth-order valence-electron chi connectivity index (χ4n) is 1.52. The highest BCUT2D eigenvalue weighted by molar-refractivity contribution is 9.10. The Bertz CT molecular complexity index is 618. The second-order valence-electron chi connectivity index (χ2n) is 3.80. The highest BCUT2D eigenvalue weighted by Gasteiger charge is 2.14. The van der Waals surface area contributed by atoms with Crippen molar-refractivity contribution >= 4 is 21.8 Å². The van der Waals surface area contributed by atoms with E-state index >= 15 is 0 Å². The predicted molar refractivity (Wildman–Crippen MR) is 69.3 cm³/mol. The summed E-state index contributed by atoms with van der Waals surface area (Å²) in [6, 6.07) is 8.02. The normalized spacial score (nSPS) is 10.3. The summed E-state index contributed by atoms with van der Waals surface area (Å²) in [4.78, 5) is 27.1. The second kappa shape index (κ2) is 5.22. The number of hydrogen-bond acceptors (Lipinski definition) is 3. The lowest BCUT2D eigenvalue weighted by atomic mass is 10.3. The highest BCUT2D eigenvalue weighted by atomic mass is 79.9. The molecule has 5 nitrogen and oxygen atoms in total. The van der Waals surface area contributed by atoms with Gasteiger partial charge in [0.1, 0.15) is 11.5 Å². The minimum atomic E-state index is -0.296. The average molecular weight is 311 g/mol. The summed E-state index contributed by atoms with van der Waals surface area (Å²) >= 11 is 3.20. The number of carbonyl (C=O) groups is 1. The van der Waals surface area contributed by atoms with E-state index in [2.05, 4.69) is 20.9 Å². The van der Waals surface area contributed by atoms with Crippen LogP contribution in [-0.4, -0.2) is 22.8 Å². The molecular formula is C12H11BrN2O3. The van der Waals surface area contributed by atoms with Gasteiger partial charge in [-0.25, -0.2) is 0 Å². The molecule has 0 aliphatic rings. The number of carbonyl (C=O) groups excluding carboxylic acids is 1. The fourth-order valence-corrected chi connectivity index (χ4v) is 1.86. The summed E-state index contributed by atoms with van der Waals surface area (Å²) in [7, 11) is 1.64. The van der Waals surface area contributed by atoms with Gasteiger partial charge < -0.3 is 14.3 Å². The fraction of sp³-hybridized carbons (Fsp3) is 0.167. The molecule has 2 aromatic rings. The molecule has 2 rings (SSSR count). The van der Waals surface area contributed by atoms with Crippen molar-refractivity contribution in [2.45, 2.75) is 6.54 Å². The van der Waals surface area contributed by atoms with Crippen molar-refractivity contribution < 1.29 is 9.21 Å². The Morgan fingerprint density at radius 3 is 2.78 bits per heavy atom. The van der Waals surface area contributed by atoms with Gasteiger partial charge >= 0.3 is 0 Å². The van der Waals surface area contributed by atoms with Gasteiger partial charge in [-0.15, -0.1) is 0 Å². The van der Waals surface area contributed by atoms with Crippen molar-refractivity contribution in [1.29, 1.82) is 0 Å². The van der Waals surface area contributed by atoms with Crippen molar-refractivity contribution in [2.24, 2.45) is 0 Å². The molecule has 0 saturated carbocycles. The average Bonchev–Trinajstić information content (AvgIpc) is 2.73. The van der Waals surface area contributed by atoms with Crippen LogP contribution in [0.15, 0.2) is 44.2 Å². The van der Waals surface area contributed by atoms with E-state index in [4.69, 9.17) is 4.42 Å². The number of H-pyrrole nitrogens is 1. The maximum atomic E-state index is 12.0. The van der Waals surface area contributed by atoms with Crippen LogP contribution in [0.5, 0.6) is 0 Å². The first-order valence-electron chi connectivity index (χ1n) is 5.25. The molecule has 0 fully saturated rings. The third-order valence-electron chi connectivity index (χ3n) is 2.37. The lowest BCUT2D eigenvalue weighted by Crippen LogP contribution is -2.28. The first-order chi connectivity index (χ1) is 8.56. The molecule has 6 heteroatoms. The number of aromatic amines is 1. The minimum Gasteiger partial charge on any atom is -0.452 e. The summed E-state index contributed by atoms with van der Waals surface area (Å²) in [5, 5.41) is 0. The van der Waals surface area contributed by atoms with E-state index in [1.165, 1.54) is 11.0 Å². The van der Waals surface area contributed by atoms with Crippen LogP contribution in [0.25, 0.3) is 0 Å². The largest absolute Gasteiger partial charge is 0.452 e. The third kappa shape index (κ3) is 2.89. The molecular weight excluding hydrogens is 300 g/mol. The first kappa shape index (κ1) is 12.6. The lowest BCUT2D eigenvalue weighted by Gasteiger charge is -2.15. The summed E-state index contributed by atoms with van der Waals surface area (Å²) in [5.74, 6) is 0.399. The number of pyridine rings is 1. The Hall–Kier alpha value is -1.82. The Kier molecular flexibility index (Phi) is 3.66. The van der Waals surface area contributed by atoms with E-state index in [0.717, 1.165) is 0 Å². The van der Waals surface area contributed by atoms with E-state index in [9.17, 15) is 9.59 Å². The maximum Gasteiger partial charge on any atom is 0.270 e. The molecule has 0 aliphatic carbocycles. The molecule has 1 N–H and O–H groups in total. The van der Waals surface area contributed by atoms with Gasteiger partial charge in [-0.3, -0.25) is 9.59 Å². The van der Waals surface area contributed by atoms with Crippen molar-refractivity contribution in [3.8, 4) is 0 Å². The predicted octanol–water partition coefficient (Wildman–Crippen LogP) is 2.00. The molecule has 2 heterocycles. The third-order valence-corrected chi connectivity index (χ3v) is 2.79. The van der Waals surface area contributed by atoms with Gasteiger partial charge in [-0.2, -0.15) is 0 Å². The van der Waals surface area contributed by atoms with Gasteiger partial charge in [0.05, 0.1) is 6.54 Å². The van der Waals surface area contributed by atoms with Crippen LogP contribution in [0.1, 0.15) is 16.2 Å². The standard InChI is InChI=1S/C12H11BrN2O3/c1-15(7-8-5-6-10(13)18-8)12(17)9-3-2-4-11(16)14-9/h2-6H,7H2,1H3,(H,14,16). The minimum absolute atomic E-state index is 0.260. The summed E-state index contributed by atoms with van der Waals surface area (Å²) in [6.07, 6.45) is 0. The van der Waals surface area contributed by atoms with Crippen LogP contribution in [-0.2, 0) is 6.54 Å². The van der Waals surface area contributed by atoms with E-state index in [1.54, 1.807) is 31.3 Å². The zero-order chi connectivity index (χ0) is 13.1. The van der Waals surface area contributed by atoms with Crippen molar-refractivity contribution in [3.63, 3.8) is 0 Å². The number of nitrogens with zero attached hydrogens (tertiary/aromatic N) is 1. The Labute approximate surface area is 112 Å². The number of furan rings is 1. The Balaban J connectivity index is 2.11. The van der Waals surface area contributed by atoms with Gasteiger partial charge in [0.25, 0.3) is 5.91 Å². The van der Waals surface area contributed by atoms with E-state index < -0.39 is 0 Å². The smallest absolute Gasteiger partial charge is 0.270 e. The Morgan fingerprint density at radius 2 is 2.17 bits per heavy atom. The number of rotatable bonds is 3. The van der Waals surface area contributed by atoms with Gasteiger partial charge in [0.2, 0.25) is 5.56 Å². The molecule has 94 valence electrons. The van der Waals surface area contributed by atoms with Crippen LogP contribution in [0, 0.1) is 0 Å². The SMILES string of the molecule is CN(Cc1ccc(Br)o1)C(=O)c1cccc(=O)[nH]1. The molecule has 18 heavy (non-hydrogen) atoms. The van der Waals surface area contributed by atoms with Crippen molar-refractivity contribution in [3.05, 3.63) is 56.8 Å². The zero-order valence-electron chi connectivity index (χ0n) is 9.64. The molecule has 0 bridgehead atoms. The Morgan fingerprint density at radius 1 is 1.39 bits per heavy atom. The monoisotopic (exact) mass is 310 g/mol. The van der Waals surface area contributed by atoms with Gasteiger partial charge in [-0.1, -0.05) is 6.07 Å². The van der Waals surface area contributed by atoms with E-state index in [1.807, 2.05) is 0 Å². The topological polar surface area (TPSA) is 66.3 Å². The number of hydrogen-bond donors (Lipinski definition) is 1. The second-order valence-corrected chi connectivity index (χ2v) is 4.58. The van der Waals surface area contributed by atoms with Crippen LogP contribution in [0.3, 0.4) is 0 Å². The maximum absolute atomic E-state index is 12.0. The highest BCUT2D eigenvalue weighted by Crippen LogP contribution is 2.15. The number of nitrogens with one attached hydrogen (secondary N) is 1. The van der Waals surface area contributed by atoms with Gasteiger partial charge in [-0.05, 0) is 34.1 Å². The first-order valence-corrected chi connectivity index (χ1v) is 6.04. The van der Waals surface area contributed by atoms with Gasteiger partial charge in [0.15, 0.2) is 4.67 Å². The number of amides is 1. The van der Waals surface area contributed by atoms with Crippen LogP contribution in [0.4, 0.5) is 0 Å². The number of aromatic nitrogens is 1. The van der Waals surface area contributed by atoms with Crippen molar-refractivity contribution in [1.82, 2.24) is 9.88 Å². The quantitative estimate of drug-likeness (QED) is 0.943. The molecule has 0 aliphatic heterocycles.